The van der Waals surface area contributed by atoms with E-state index in [0.29, 0.717) is 0 Å². The number of benzene rings is 2. The fourth-order valence-corrected chi connectivity index (χ4v) is 2.73. The summed E-state index contributed by atoms with van der Waals surface area (Å²) in [4.78, 5) is 22.6. The van der Waals surface area contributed by atoms with Crippen LogP contribution in [0.3, 0.4) is 0 Å². The summed E-state index contributed by atoms with van der Waals surface area (Å²) in [5, 5.41) is 18.5. The smallest absolute Gasteiger partial charge is 0.307 e. The van der Waals surface area contributed by atoms with Gasteiger partial charge < -0.3 is 19.7 Å². The summed E-state index contributed by atoms with van der Waals surface area (Å²) in [5.41, 5.74) is 1.84. The molecular formula is C21H24O6. The van der Waals surface area contributed by atoms with Crippen molar-refractivity contribution in [2.75, 3.05) is 0 Å². The lowest BCUT2D eigenvalue weighted by Crippen LogP contribution is -2.35. The number of hydrogen-bond donors (Lipinski definition) is 2. The van der Waals surface area contributed by atoms with Gasteiger partial charge in [0.2, 0.25) is 0 Å². The third kappa shape index (κ3) is 6.84. The molecule has 2 aromatic carbocycles. The van der Waals surface area contributed by atoms with Crippen LogP contribution in [0.5, 0.6) is 0 Å². The highest BCUT2D eigenvalue weighted by Gasteiger charge is 2.34. The highest BCUT2D eigenvalue weighted by Crippen LogP contribution is 2.25. The topological polar surface area (TPSA) is 93.1 Å². The average Bonchev–Trinajstić information content (AvgIpc) is 2.67. The second kappa shape index (κ2) is 10.4. The maximum Gasteiger partial charge on any atom is 0.307 e. The van der Waals surface area contributed by atoms with Crippen LogP contribution in [-0.2, 0) is 32.3 Å². The van der Waals surface area contributed by atoms with Crippen molar-refractivity contribution in [3.05, 3.63) is 71.8 Å². The lowest BCUT2D eigenvalue weighted by Gasteiger charge is -2.28. The predicted molar refractivity (Wildman–Crippen MR) is 98.8 cm³/mol. The largest absolute Gasteiger partial charge is 0.481 e. The molecule has 0 fully saturated rings. The molecule has 0 bridgehead atoms. The number of hydrogen-bond acceptors (Lipinski definition) is 4. The minimum atomic E-state index is -1.18. The van der Waals surface area contributed by atoms with Gasteiger partial charge in [0.05, 0.1) is 25.6 Å². The minimum Gasteiger partial charge on any atom is -0.481 e. The summed E-state index contributed by atoms with van der Waals surface area (Å²) in [6.45, 7) is 2.12. The van der Waals surface area contributed by atoms with Crippen LogP contribution in [0.4, 0.5) is 0 Å². The first kappa shape index (κ1) is 20.6. The molecule has 2 rings (SSSR count). The van der Waals surface area contributed by atoms with Crippen molar-refractivity contribution in [3.8, 4) is 0 Å². The van der Waals surface area contributed by atoms with E-state index in [-0.39, 0.29) is 13.2 Å². The molecule has 0 aliphatic rings. The molecule has 0 saturated carbocycles. The number of carboxylic acid groups (broad SMARTS) is 2. The summed E-state index contributed by atoms with van der Waals surface area (Å²) in [6, 6.07) is 18.9. The highest BCUT2D eigenvalue weighted by molar-refractivity contribution is 5.78. The fourth-order valence-electron chi connectivity index (χ4n) is 2.73. The van der Waals surface area contributed by atoms with Crippen LogP contribution in [0.2, 0.25) is 0 Å². The molecule has 144 valence electrons. The Balaban J connectivity index is 2.10. The first-order valence-corrected chi connectivity index (χ1v) is 8.73. The molecule has 0 aliphatic carbocycles. The van der Waals surface area contributed by atoms with Gasteiger partial charge in [0.15, 0.2) is 6.29 Å². The Morgan fingerprint density at radius 1 is 0.852 bits per heavy atom. The average molecular weight is 372 g/mol. The van der Waals surface area contributed by atoms with E-state index in [9.17, 15) is 14.7 Å². The molecule has 2 N–H and O–H groups in total. The van der Waals surface area contributed by atoms with Crippen LogP contribution in [0.1, 0.15) is 24.5 Å². The third-order valence-electron chi connectivity index (χ3n) is 4.29. The Morgan fingerprint density at radius 2 is 1.30 bits per heavy atom. The molecule has 0 heterocycles. The lowest BCUT2D eigenvalue weighted by atomic mass is 9.90. The van der Waals surface area contributed by atoms with Crippen molar-refractivity contribution in [3.63, 3.8) is 0 Å². The first-order valence-electron chi connectivity index (χ1n) is 8.73. The number of aliphatic carboxylic acids is 2. The van der Waals surface area contributed by atoms with Crippen molar-refractivity contribution in [1.29, 1.82) is 0 Å². The number of ether oxygens (including phenoxy) is 2. The minimum absolute atomic E-state index is 0.240. The maximum atomic E-state index is 11.6. The summed E-state index contributed by atoms with van der Waals surface area (Å²) < 4.78 is 11.7. The number of carboxylic acids is 2. The van der Waals surface area contributed by atoms with Crippen molar-refractivity contribution in [1.82, 2.24) is 0 Å². The molecule has 0 aromatic heterocycles. The van der Waals surface area contributed by atoms with E-state index in [0.717, 1.165) is 11.1 Å². The molecule has 0 amide bonds. The Hall–Kier alpha value is -2.70. The molecular weight excluding hydrogens is 348 g/mol. The van der Waals surface area contributed by atoms with Gasteiger partial charge in [-0.3, -0.25) is 9.59 Å². The van der Waals surface area contributed by atoms with Gasteiger partial charge in [-0.1, -0.05) is 67.6 Å². The standard InChI is InChI=1S/C21H24O6/c1-15(18(20(24)25)12-19(22)23)21(26-13-16-8-4-2-5-9-16)27-14-17-10-6-3-7-11-17/h2-11,15,18,21H,12-14H2,1H3,(H,22,23)(H,24,25). The van der Waals surface area contributed by atoms with Gasteiger partial charge in [-0.05, 0) is 11.1 Å². The Kier molecular flexibility index (Phi) is 7.98. The van der Waals surface area contributed by atoms with E-state index < -0.39 is 36.5 Å². The van der Waals surface area contributed by atoms with Crippen molar-refractivity contribution < 1.29 is 29.3 Å². The number of rotatable bonds is 11. The second-order valence-electron chi connectivity index (χ2n) is 6.36. The van der Waals surface area contributed by atoms with Gasteiger partial charge in [0.25, 0.3) is 0 Å². The molecule has 2 atom stereocenters. The van der Waals surface area contributed by atoms with E-state index >= 15 is 0 Å². The van der Waals surface area contributed by atoms with Gasteiger partial charge in [-0.2, -0.15) is 0 Å². The van der Waals surface area contributed by atoms with Crippen LogP contribution in [0.15, 0.2) is 60.7 Å². The highest BCUT2D eigenvalue weighted by atomic mass is 16.7. The van der Waals surface area contributed by atoms with E-state index in [2.05, 4.69) is 0 Å². The predicted octanol–water partition coefficient (Wildman–Crippen LogP) is 3.56. The zero-order chi connectivity index (χ0) is 19.6. The molecule has 0 aliphatic heterocycles. The van der Waals surface area contributed by atoms with Crippen molar-refractivity contribution >= 4 is 11.9 Å². The van der Waals surface area contributed by atoms with Gasteiger partial charge in [0.1, 0.15) is 0 Å². The summed E-state index contributed by atoms with van der Waals surface area (Å²) in [7, 11) is 0. The van der Waals surface area contributed by atoms with Crippen molar-refractivity contribution in [2.45, 2.75) is 32.8 Å². The molecule has 0 radical (unpaired) electrons. The van der Waals surface area contributed by atoms with Crippen LogP contribution in [-0.4, -0.2) is 28.4 Å². The van der Waals surface area contributed by atoms with Gasteiger partial charge >= 0.3 is 11.9 Å². The fraction of sp³-hybridized carbons (Fsp3) is 0.333. The summed E-state index contributed by atoms with van der Waals surface area (Å²) in [5.74, 6) is -4.11. The monoisotopic (exact) mass is 372 g/mol. The molecule has 27 heavy (non-hydrogen) atoms. The molecule has 2 unspecified atom stereocenters. The number of carbonyl (C=O) groups is 2. The lowest BCUT2D eigenvalue weighted by molar-refractivity contribution is -0.198. The van der Waals surface area contributed by atoms with Gasteiger partial charge in [-0.15, -0.1) is 0 Å². The molecule has 0 spiro atoms. The third-order valence-corrected chi connectivity index (χ3v) is 4.29. The molecule has 2 aromatic rings. The van der Waals surface area contributed by atoms with Crippen LogP contribution >= 0.6 is 0 Å². The SMILES string of the molecule is CC(C(OCc1ccccc1)OCc1ccccc1)C(CC(=O)O)C(=O)O. The normalized spacial score (nSPS) is 13.3. The van der Waals surface area contributed by atoms with Crippen molar-refractivity contribution in [2.24, 2.45) is 11.8 Å². The maximum absolute atomic E-state index is 11.6. The molecule has 0 saturated heterocycles. The zero-order valence-corrected chi connectivity index (χ0v) is 15.2. The molecule has 6 heteroatoms. The van der Waals surface area contributed by atoms with E-state index in [1.807, 2.05) is 60.7 Å². The zero-order valence-electron chi connectivity index (χ0n) is 15.2. The Morgan fingerprint density at radius 3 is 1.67 bits per heavy atom. The van der Waals surface area contributed by atoms with Crippen LogP contribution < -0.4 is 0 Å². The first-order chi connectivity index (χ1) is 13.0. The van der Waals surface area contributed by atoms with Crippen LogP contribution in [0.25, 0.3) is 0 Å². The Bertz CT molecular complexity index is 672. The van der Waals surface area contributed by atoms with Gasteiger partial charge in [0, 0.05) is 5.92 Å². The van der Waals surface area contributed by atoms with E-state index in [4.69, 9.17) is 14.6 Å². The Labute approximate surface area is 158 Å². The van der Waals surface area contributed by atoms with Crippen LogP contribution in [0, 0.1) is 11.8 Å². The summed E-state index contributed by atoms with van der Waals surface area (Å²) >= 11 is 0. The quantitative estimate of drug-likeness (QED) is 0.586. The second-order valence-corrected chi connectivity index (χ2v) is 6.36. The summed E-state index contributed by atoms with van der Waals surface area (Å²) in [6.07, 6.45) is -1.35. The van der Waals surface area contributed by atoms with E-state index in [1.54, 1.807) is 6.92 Å². The molecule has 6 nitrogen and oxygen atoms in total. The van der Waals surface area contributed by atoms with Gasteiger partial charge in [-0.25, -0.2) is 0 Å². The van der Waals surface area contributed by atoms with E-state index in [1.165, 1.54) is 0 Å².